The molecule has 0 saturated carbocycles. The number of morpholine rings is 1. The summed E-state index contributed by atoms with van der Waals surface area (Å²) < 4.78 is 5.55. The Morgan fingerprint density at radius 3 is 2.87 bits per heavy atom. The molecule has 7 nitrogen and oxygen atoms in total. The Balaban J connectivity index is 1.69. The van der Waals surface area contributed by atoms with Gasteiger partial charge in [0.25, 0.3) is 5.91 Å². The summed E-state index contributed by atoms with van der Waals surface area (Å²) in [5, 5.41) is 0. The van der Waals surface area contributed by atoms with Crippen LogP contribution in [0, 0.1) is 6.92 Å². The fourth-order valence-corrected chi connectivity index (χ4v) is 2.70. The number of hydrogen-bond donors (Lipinski definition) is 0. The lowest BCUT2D eigenvalue weighted by Crippen LogP contribution is -2.49. The Bertz CT molecular complexity index is 665. The molecule has 2 aromatic heterocycles. The summed E-state index contributed by atoms with van der Waals surface area (Å²) in [6, 6.07) is 0.0136. The highest BCUT2D eigenvalue weighted by atomic mass is 16.5. The van der Waals surface area contributed by atoms with Gasteiger partial charge in [-0.3, -0.25) is 19.7 Å². The molecule has 1 amide bonds. The average Bonchev–Trinajstić information content (AvgIpc) is 2.61. The first kappa shape index (κ1) is 15.5. The topological polar surface area (TPSA) is 81.1 Å². The molecule has 1 aliphatic rings. The van der Waals surface area contributed by atoms with Crippen LogP contribution in [0.25, 0.3) is 0 Å². The van der Waals surface area contributed by atoms with E-state index in [2.05, 4.69) is 19.9 Å². The summed E-state index contributed by atoms with van der Waals surface area (Å²) in [5.41, 5.74) is 2.26. The molecule has 3 rings (SSSR count). The highest BCUT2D eigenvalue weighted by Crippen LogP contribution is 2.16. The van der Waals surface area contributed by atoms with Crippen LogP contribution in [0.3, 0.4) is 0 Å². The zero-order chi connectivity index (χ0) is 16.1. The molecule has 1 saturated heterocycles. The largest absolute Gasteiger partial charge is 0.377 e. The molecule has 0 bridgehead atoms. The molecule has 0 unspecified atom stereocenters. The van der Waals surface area contributed by atoms with Crippen LogP contribution in [0.4, 0.5) is 0 Å². The number of carbonyl (C=O) groups is 1. The van der Waals surface area contributed by atoms with Crippen LogP contribution in [0.5, 0.6) is 0 Å². The number of ether oxygens (including phenoxy) is 1. The number of amides is 1. The third-order valence-corrected chi connectivity index (χ3v) is 3.97. The van der Waals surface area contributed by atoms with Gasteiger partial charge in [0.15, 0.2) is 0 Å². The van der Waals surface area contributed by atoms with Crippen molar-refractivity contribution < 1.29 is 9.53 Å². The second-order valence-corrected chi connectivity index (χ2v) is 5.45. The first-order valence-corrected chi connectivity index (χ1v) is 7.67. The van der Waals surface area contributed by atoms with Crippen molar-refractivity contribution in [1.29, 1.82) is 0 Å². The third kappa shape index (κ3) is 3.68. The highest BCUT2D eigenvalue weighted by Gasteiger charge is 2.28. The maximum atomic E-state index is 12.6. The number of rotatable bonds is 4. The molecular weight excluding hydrogens is 294 g/mol. The average molecular weight is 313 g/mol. The molecule has 0 N–H and O–H groups in total. The summed E-state index contributed by atoms with van der Waals surface area (Å²) in [4.78, 5) is 31.1. The maximum Gasteiger partial charge on any atom is 0.274 e. The first-order chi connectivity index (χ1) is 11.3. The van der Waals surface area contributed by atoms with Gasteiger partial charge in [-0.05, 0) is 19.8 Å². The van der Waals surface area contributed by atoms with Crippen molar-refractivity contribution in [3.8, 4) is 0 Å². The number of aromatic nitrogens is 4. The van der Waals surface area contributed by atoms with Gasteiger partial charge in [0.2, 0.25) is 0 Å². The van der Waals surface area contributed by atoms with Crippen LogP contribution in [-0.2, 0) is 11.2 Å². The molecule has 120 valence electrons. The molecule has 23 heavy (non-hydrogen) atoms. The van der Waals surface area contributed by atoms with E-state index in [4.69, 9.17) is 4.74 Å². The SMILES string of the molecule is Cc1nccnc1CC[C@@H]1COCCN1C(=O)c1cnccn1. The zero-order valence-electron chi connectivity index (χ0n) is 13.1. The minimum Gasteiger partial charge on any atom is -0.377 e. The van der Waals surface area contributed by atoms with Crippen molar-refractivity contribution >= 4 is 5.91 Å². The molecule has 3 heterocycles. The number of aryl methyl sites for hydroxylation is 2. The number of carbonyl (C=O) groups excluding carboxylic acids is 1. The second-order valence-electron chi connectivity index (χ2n) is 5.45. The van der Waals surface area contributed by atoms with Crippen molar-refractivity contribution in [1.82, 2.24) is 24.8 Å². The van der Waals surface area contributed by atoms with Gasteiger partial charge in [0.05, 0.1) is 36.8 Å². The summed E-state index contributed by atoms with van der Waals surface area (Å²) in [6.07, 6.45) is 9.52. The van der Waals surface area contributed by atoms with Gasteiger partial charge in [-0.1, -0.05) is 0 Å². The normalized spacial score (nSPS) is 18.0. The minimum atomic E-state index is -0.0951. The number of nitrogens with zero attached hydrogens (tertiary/aromatic N) is 5. The fraction of sp³-hybridized carbons (Fsp3) is 0.438. The van der Waals surface area contributed by atoms with Crippen LogP contribution >= 0.6 is 0 Å². The van der Waals surface area contributed by atoms with Crippen LogP contribution in [0.2, 0.25) is 0 Å². The molecule has 7 heteroatoms. The van der Waals surface area contributed by atoms with E-state index in [0.717, 1.165) is 24.2 Å². The Hall–Kier alpha value is -2.41. The van der Waals surface area contributed by atoms with Crippen molar-refractivity contribution in [2.24, 2.45) is 0 Å². The van der Waals surface area contributed by atoms with Crippen molar-refractivity contribution in [3.05, 3.63) is 48.1 Å². The molecular formula is C16H19N5O2. The standard InChI is InChI=1S/C16H19N5O2/c1-12-14(19-7-6-18-12)3-2-13-11-23-9-8-21(13)16(22)15-10-17-4-5-20-15/h4-7,10,13H,2-3,8-9,11H2,1H3/t13-/m1/s1. The van der Waals surface area contributed by atoms with Crippen LogP contribution < -0.4 is 0 Å². The predicted octanol–water partition coefficient (Wildman–Crippen LogP) is 1.05. The lowest BCUT2D eigenvalue weighted by molar-refractivity contribution is -0.00447. The molecule has 1 aliphatic heterocycles. The lowest BCUT2D eigenvalue weighted by Gasteiger charge is -2.35. The van der Waals surface area contributed by atoms with Gasteiger partial charge < -0.3 is 9.64 Å². The van der Waals surface area contributed by atoms with Crippen molar-refractivity contribution in [3.63, 3.8) is 0 Å². The predicted molar refractivity (Wildman–Crippen MR) is 82.8 cm³/mol. The molecule has 1 fully saturated rings. The van der Waals surface area contributed by atoms with E-state index in [9.17, 15) is 4.79 Å². The van der Waals surface area contributed by atoms with Crippen molar-refractivity contribution in [2.45, 2.75) is 25.8 Å². The van der Waals surface area contributed by atoms with E-state index < -0.39 is 0 Å². The van der Waals surface area contributed by atoms with Crippen LogP contribution in [0.1, 0.15) is 28.3 Å². The van der Waals surface area contributed by atoms with Gasteiger partial charge >= 0.3 is 0 Å². The molecule has 0 spiro atoms. The minimum absolute atomic E-state index is 0.0136. The van der Waals surface area contributed by atoms with Gasteiger partial charge in [0.1, 0.15) is 5.69 Å². The van der Waals surface area contributed by atoms with E-state index >= 15 is 0 Å². The van der Waals surface area contributed by atoms with E-state index in [1.54, 1.807) is 18.6 Å². The maximum absolute atomic E-state index is 12.6. The first-order valence-electron chi connectivity index (χ1n) is 7.67. The fourth-order valence-electron chi connectivity index (χ4n) is 2.70. The molecule has 0 aliphatic carbocycles. The van der Waals surface area contributed by atoms with Gasteiger partial charge in [-0.2, -0.15) is 0 Å². The smallest absolute Gasteiger partial charge is 0.274 e. The molecule has 2 aromatic rings. The summed E-state index contributed by atoms with van der Waals surface area (Å²) in [5.74, 6) is -0.0951. The van der Waals surface area contributed by atoms with Crippen LogP contribution in [0.15, 0.2) is 31.0 Å². The van der Waals surface area contributed by atoms with E-state index in [-0.39, 0.29) is 11.9 Å². The van der Waals surface area contributed by atoms with E-state index in [0.29, 0.717) is 25.5 Å². The Morgan fingerprint density at radius 1 is 1.26 bits per heavy atom. The summed E-state index contributed by atoms with van der Waals surface area (Å²) in [6.45, 7) is 3.60. The van der Waals surface area contributed by atoms with Crippen LogP contribution in [-0.4, -0.2) is 56.5 Å². The van der Waals surface area contributed by atoms with Gasteiger partial charge in [0, 0.05) is 31.3 Å². The quantitative estimate of drug-likeness (QED) is 0.839. The molecule has 0 aromatic carbocycles. The zero-order valence-corrected chi connectivity index (χ0v) is 13.1. The van der Waals surface area contributed by atoms with Gasteiger partial charge in [-0.25, -0.2) is 4.98 Å². The lowest BCUT2D eigenvalue weighted by atomic mass is 10.1. The highest BCUT2D eigenvalue weighted by molar-refractivity contribution is 5.92. The second kappa shape index (κ2) is 7.23. The monoisotopic (exact) mass is 313 g/mol. The van der Waals surface area contributed by atoms with Crippen molar-refractivity contribution in [2.75, 3.05) is 19.8 Å². The molecule has 1 atom stereocenters. The Morgan fingerprint density at radius 2 is 2.09 bits per heavy atom. The number of hydrogen-bond acceptors (Lipinski definition) is 6. The third-order valence-electron chi connectivity index (χ3n) is 3.97. The van der Waals surface area contributed by atoms with E-state index in [1.807, 2.05) is 11.8 Å². The Labute approximate surface area is 134 Å². The summed E-state index contributed by atoms with van der Waals surface area (Å²) >= 11 is 0. The summed E-state index contributed by atoms with van der Waals surface area (Å²) in [7, 11) is 0. The molecule has 0 radical (unpaired) electrons. The Kier molecular flexibility index (Phi) is 4.87. The van der Waals surface area contributed by atoms with Gasteiger partial charge in [-0.15, -0.1) is 0 Å². The van der Waals surface area contributed by atoms with E-state index in [1.165, 1.54) is 12.4 Å².